The molecule has 0 atom stereocenters. The summed E-state index contributed by atoms with van der Waals surface area (Å²) in [6.07, 6.45) is 12.6. The number of hydrogen-bond acceptors (Lipinski definition) is 2. The van der Waals surface area contributed by atoms with Crippen LogP contribution >= 0.6 is 0 Å². The lowest BCUT2D eigenvalue weighted by molar-refractivity contribution is 0.111. The van der Waals surface area contributed by atoms with E-state index in [2.05, 4.69) is 11.1 Å². The molecule has 16 heavy (non-hydrogen) atoms. The van der Waals surface area contributed by atoms with E-state index in [9.17, 15) is 4.79 Å². The quantitative estimate of drug-likeness (QED) is 0.557. The molecule has 1 aromatic heterocycles. The van der Waals surface area contributed by atoms with Crippen LogP contribution in [0.15, 0.2) is 23.9 Å². The van der Waals surface area contributed by atoms with Crippen LogP contribution in [0.3, 0.4) is 0 Å². The first-order valence-electron chi connectivity index (χ1n) is 5.99. The lowest BCUT2D eigenvalue weighted by Crippen LogP contribution is -1.87. The third kappa shape index (κ3) is 3.02. The van der Waals surface area contributed by atoms with Gasteiger partial charge in [0.1, 0.15) is 5.69 Å². The minimum Gasteiger partial charge on any atom is -0.296 e. The molecule has 0 N–H and O–H groups in total. The van der Waals surface area contributed by atoms with E-state index < -0.39 is 0 Å². The number of carbonyl (C=O) groups excluding carboxylic acids is 1. The third-order valence-electron chi connectivity index (χ3n) is 3.05. The minimum absolute atomic E-state index is 0.503. The Morgan fingerprint density at radius 3 is 2.38 bits per heavy atom. The lowest BCUT2D eigenvalue weighted by Gasteiger charge is -2.02. The van der Waals surface area contributed by atoms with E-state index in [0.29, 0.717) is 5.69 Å². The zero-order chi connectivity index (χ0) is 11.2. The first kappa shape index (κ1) is 11.1. The van der Waals surface area contributed by atoms with Crippen molar-refractivity contribution in [1.29, 1.82) is 0 Å². The summed E-state index contributed by atoms with van der Waals surface area (Å²) in [5.74, 6) is 0. The molecular formula is C14H17NO. The molecule has 0 aromatic carbocycles. The van der Waals surface area contributed by atoms with Gasteiger partial charge in [-0.2, -0.15) is 0 Å². The molecule has 1 aromatic rings. The van der Waals surface area contributed by atoms with Crippen LogP contribution in [-0.2, 0) is 0 Å². The van der Waals surface area contributed by atoms with Crippen LogP contribution in [0.2, 0.25) is 0 Å². The number of aromatic nitrogens is 1. The van der Waals surface area contributed by atoms with Crippen LogP contribution in [0.1, 0.15) is 54.6 Å². The fourth-order valence-electron chi connectivity index (χ4n) is 2.13. The molecule has 2 nitrogen and oxygen atoms in total. The summed E-state index contributed by atoms with van der Waals surface area (Å²) < 4.78 is 0. The van der Waals surface area contributed by atoms with E-state index in [4.69, 9.17) is 0 Å². The second kappa shape index (κ2) is 5.59. The molecule has 1 saturated carbocycles. The fourth-order valence-corrected chi connectivity index (χ4v) is 2.13. The van der Waals surface area contributed by atoms with Gasteiger partial charge in [-0.1, -0.05) is 30.6 Å². The van der Waals surface area contributed by atoms with Gasteiger partial charge in [0.05, 0.1) is 0 Å². The molecule has 0 spiro atoms. The van der Waals surface area contributed by atoms with Crippen molar-refractivity contribution < 1.29 is 4.79 Å². The highest BCUT2D eigenvalue weighted by atomic mass is 16.1. The molecule has 84 valence electrons. The lowest BCUT2D eigenvalue weighted by atomic mass is 10.1. The van der Waals surface area contributed by atoms with Gasteiger partial charge in [0.15, 0.2) is 6.29 Å². The van der Waals surface area contributed by atoms with Gasteiger partial charge < -0.3 is 0 Å². The number of carbonyl (C=O) groups is 1. The first-order chi connectivity index (χ1) is 7.88. The van der Waals surface area contributed by atoms with Crippen molar-refractivity contribution in [2.45, 2.75) is 38.5 Å². The molecule has 2 rings (SSSR count). The Morgan fingerprint density at radius 1 is 1.06 bits per heavy atom. The molecule has 1 aliphatic rings. The molecule has 0 radical (unpaired) electrons. The van der Waals surface area contributed by atoms with E-state index >= 15 is 0 Å². The van der Waals surface area contributed by atoms with Crippen molar-refractivity contribution in [2.75, 3.05) is 0 Å². The van der Waals surface area contributed by atoms with Gasteiger partial charge in [0.25, 0.3) is 0 Å². The molecule has 0 aliphatic heterocycles. The minimum atomic E-state index is 0.503. The van der Waals surface area contributed by atoms with Crippen LogP contribution in [-0.4, -0.2) is 11.3 Å². The second-order valence-corrected chi connectivity index (χ2v) is 4.35. The Balaban J connectivity index is 2.10. The second-order valence-electron chi connectivity index (χ2n) is 4.35. The summed E-state index contributed by atoms with van der Waals surface area (Å²) in [5.41, 5.74) is 3.14. The molecule has 1 aliphatic carbocycles. The highest BCUT2D eigenvalue weighted by molar-refractivity contribution is 5.72. The van der Waals surface area contributed by atoms with Crippen LogP contribution < -0.4 is 0 Å². The van der Waals surface area contributed by atoms with Crippen LogP contribution in [0.25, 0.3) is 6.08 Å². The Morgan fingerprint density at radius 2 is 1.81 bits per heavy atom. The number of aldehydes is 1. The van der Waals surface area contributed by atoms with Gasteiger partial charge in [-0.25, -0.2) is 0 Å². The fraction of sp³-hybridized carbons (Fsp3) is 0.429. The number of allylic oxidation sites excluding steroid dienone is 1. The predicted molar refractivity (Wildman–Crippen MR) is 65.3 cm³/mol. The maximum atomic E-state index is 10.5. The van der Waals surface area contributed by atoms with E-state index in [0.717, 1.165) is 11.8 Å². The Bertz CT molecular complexity index is 368. The van der Waals surface area contributed by atoms with E-state index in [1.165, 1.54) is 44.1 Å². The third-order valence-corrected chi connectivity index (χ3v) is 3.05. The van der Waals surface area contributed by atoms with Gasteiger partial charge in [-0.3, -0.25) is 9.78 Å². The molecule has 1 fully saturated rings. The van der Waals surface area contributed by atoms with Crippen molar-refractivity contribution in [3.63, 3.8) is 0 Å². The van der Waals surface area contributed by atoms with Gasteiger partial charge in [-0.05, 0) is 37.3 Å². The predicted octanol–water partition coefficient (Wildman–Crippen LogP) is 3.63. The standard InChI is InChI=1S/C14H17NO/c16-11-14-8-7-13(10-15-14)9-12-5-3-1-2-4-6-12/h7-11H,1-6H2. The summed E-state index contributed by atoms with van der Waals surface area (Å²) in [4.78, 5) is 14.5. The molecule has 0 saturated heterocycles. The first-order valence-corrected chi connectivity index (χ1v) is 5.99. The normalized spacial score (nSPS) is 16.6. The van der Waals surface area contributed by atoms with Crippen molar-refractivity contribution in [1.82, 2.24) is 4.98 Å². The average molecular weight is 215 g/mol. The van der Waals surface area contributed by atoms with Gasteiger partial charge in [0, 0.05) is 6.20 Å². The van der Waals surface area contributed by atoms with E-state index in [-0.39, 0.29) is 0 Å². The van der Waals surface area contributed by atoms with E-state index in [1.54, 1.807) is 12.3 Å². The molecule has 0 bridgehead atoms. The topological polar surface area (TPSA) is 30.0 Å². The summed E-state index contributed by atoms with van der Waals surface area (Å²) in [6.45, 7) is 0. The largest absolute Gasteiger partial charge is 0.296 e. The molecule has 2 heteroatoms. The molecular weight excluding hydrogens is 198 g/mol. The maximum absolute atomic E-state index is 10.5. The molecule has 0 amide bonds. The van der Waals surface area contributed by atoms with Crippen LogP contribution in [0, 0.1) is 0 Å². The van der Waals surface area contributed by atoms with Crippen molar-refractivity contribution in [3.8, 4) is 0 Å². The zero-order valence-corrected chi connectivity index (χ0v) is 9.48. The summed E-state index contributed by atoms with van der Waals surface area (Å²) >= 11 is 0. The Hall–Kier alpha value is -1.44. The van der Waals surface area contributed by atoms with Crippen LogP contribution in [0.4, 0.5) is 0 Å². The SMILES string of the molecule is O=Cc1ccc(C=C2CCCCCC2)cn1. The zero-order valence-electron chi connectivity index (χ0n) is 9.48. The summed E-state index contributed by atoms with van der Waals surface area (Å²) in [6, 6.07) is 3.74. The van der Waals surface area contributed by atoms with Crippen molar-refractivity contribution in [2.24, 2.45) is 0 Å². The number of pyridine rings is 1. The van der Waals surface area contributed by atoms with Crippen molar-refractivity contribution >= 4 is 12.4 Å². The van der Waals surface area contributed by atoms with E-state index in [1.807, 2.05) is 6.07 Å². The highest BCUT2D eigenvalue weighted by Crippen LogP contribution is 2.23. The number of nitrogens with zero attached hydrogens (tertiary/aromatic N) is 1. The number of hydrogen-bond donors (Lipinski definition) is 0. The Labute approximate surface area is 96.4 Å². The van der Waals surface area contributed by atoms with Gasteiger partial charge in [-0.15, -0.1) is 0 Å². The van der Waals surface area contributed by atoms with Gasteiger partial charge in [0.2, 0.25) is 0 Å². The number of rotatable bonds is 2. The summed E-state index contributed by atoms with van der Waals surface area (Å²) in [7, 11) is 0. The maximum Gasteiger partial charge on any atom is 0.168 e. The van der Waals surface area contributed by atoms with Gasteiger partial charge >= 0.3 is 0 Å². The van der Waals surface area contributed by atoms with Crippen LogP contribution in [0.5, 0.6) is 0 Å². The van der Waals surface area contributed by atoms with Crippen molar-refractivity contribution in [3.05, 3.63) is 35.2 Å². The Kier molecular flexibility index (Phi) is 3.86. The molecule has 0 unspecified atom stereocenters. The highest BCUT2D eigenvalue weighted by Gasteiger charge is 2.04. The summed E-state index contributed by atoms with van der Waals surface area (Å²) in [5, 5.41) is 0. The molecule has 1 heterocycles. The average Bonchev–Trinajstić information content (AvgIpc) is 2.59. The smallest absolute Gasteiger partial charge is 0.168 e. The monoisotopic (exact) mass is 215 g/mol.